The van der Waals surface area contributed by atoms with E-state index in [2.05, 4.69) is 40.9 Å². The number of carbonyl (C=O) groups is 4. The molecule has 1 aromatic carbocycles. The molecule has 14 heteroatoms. The van der Waals surface area contributed by atoms with Gasteiger partial charge in [-0.1, -0.05) is 38.5 Å². The van der Waals surface area contributed by atoms with E-state index in [0.29, 0.717) is 17.8 Å². The lowest BCUT2D eigenvalue weighted by atomic mass is 9.96. The van der Waals surface area contributed by atoms with Crippen molar-refractivity contribution in [3.8, 4) is 0 Å². The smallest absolute Gasteiger partial charge is 0.326 e. The fourth-order valence-electron chi connectivity index (χ4n) is 4.77. The van der Waals surface area contributed by atoms with Crippen molar-refractivity contribution in [1.29, 1.82) is 0 Å². The van der Waals surface area contributed by atoms with Gasteiger partial charge in [-0.3, -0.25) is 14.4 Å². The van der Waals surface area contributed by atoms with Gasteiger partial charge in [0, 0.05) is 53.7 Å². The van der Waals surface area contributed by atoms with Crippen LogP contribution in [-0.4, -0.2) is 77.9 Å². The van der Waals surface area contributed by atoms with Crippen LogP contribution < -0.4 is 21.7 Å². The Labute approximate surface area is 247 Å². The highest BCUT2D eigenvalue weighted by molar-refractivity contribution is 5.94. The zero-order valence-corrected chi connectivity index (χ0v) is 24.0. The van der Waals surface area contributed by atoms with Gasteiger partial charge in [0.2, 0.25) is 17.7 Å². The van der Waals surface area contributed by atoms with Crippen LogP contribution in [0.2, 0.25) is 0 Å². The van der Waals surface area contributed by atoms with Gasteiger partial charge in [0.05, 0.1) is 18.7 Å². The molecule has 228 valence electrons. The van der Waals surface area contributed by atoms with Crippen molar-refractivity contribution in [1.82, 2.24) is 40.9 Å². The number of aromatic nitrogens is 5. The maximum atomic E-state index is 13.6. The van der Waals surface area contributed by atoms with Crippen molar-refractivity contribution in [3.63, 3.8) is 0 Å². The summed E-state index contributed by atoms with van der Waals surface area (Å²) >= 11 is 0. The highest BCUT2D eigenvalue weighted by Gasteiger charge is 2.33. The second-order valence-electron chi connectivity index (χ2n) is 10.6. The third-order valence-corrected chi connectivity index (χ3v) is 7.45. The van der Waals surface area contributed by atoms with Crippen LogP contribution in [0, 0.1) is 5.92 Å². The summed E-state index contributed by atoms with van der Waals surface area (Å²) in [4.78, 5) is 68.8. The van der Waals surface area contributed by atoms with E-state index in [9.17, 15) is 24.3 Å². The van der Waals surface area contributed by atoms with Gasteiger partial charge in [0.15, 0.2) is 0 Å². The number of amides is 3. The van der Waals surface area contributed by atoms with Crippen LogP contribution >= 0.6 is 0 Å². The number of aliphatic carboxylic acids is 1. The minimum atomic E-state index is -1.28. The Morgan fingerprint density at radius 2 is 1.49 bits per heavy atom. The molecular weight excluding hydrogens is 554 g/mol. The number of nitrogens with zero attached hydrogens (tertiary/aromatic N) is 2. The number of hydrogen-bond donors (Lipinski definition) is 8. The molecule has 0 spiro atoms. The summed E-state index contributed by atoms with van der Waals surface area (Å²) < 4.78 is 0. The Bertz CT molecular complexity index is 1520. The minimum absolute atomic E-state index is 0.00915. The molecule has 0 radical (unpaired) electrons. The second kappa shape index (κ2) is 14.3. The molecule has 3 heterocycles. The number of hydrogen-bond acceptors (Lipinski definition) is 7. The molecular formula is C29H37N9O5. The monoisotopic (exact) mass is 591 g/mol. The molecule has 0 bridgehead atoms. The largest absolute Gasteiger partial charge is 0.480 e. The molecule has 5 atom stereocenters. The summed E-state index contributed by atoms with van der Waals surface area (Å²) in [6.07, 6.45) is 8.40. The molecule has 3 aromatic heterocycles. The molecule has 0 aliphatic heterocycles. The summed E-state index contributed by atoms with van der Waals surface area (Å²) in [6.45, 7) is 3.69. The first kappa shape index (κ1) is 31.0. The number of nitrogens with one attached hydrogen (secondary N) is 6. The first-order chi connectivity index (χ1) is 20.7. The van der Waals surface area contributed by atoms with E-state index in [0.717, 1.165) is 16.5 Å². The summed E-state index contributed by atoms with van der Waals surface area (Å²) in [6, 6.07) is 3.31. The molecule has 9 N–H and O–H groups in total. The Hall–Kier alpha value is -4.98. The number of carbonyl (C=O) groups excluding carboxylic acids is 3. The predicted octanol–water partition coefficient (Wildman–Crippen LogP) is 0.554. The highest BCUT2D eigenvalue weighted by Crippen LogP contribution is 2.19. The maximum Gasteiger partial charge on any atom is 0.326 e. The van der Waals surface area contributed by atoms with Gasteiger partial charge < -0.3 is 41.7 Å². The van der Waals surface area contributed by atoms with Crippen LogP contribution in [0.3, 0.4) is 0 Å². The zero-order chi connectivity index (χ0) is 30.9. The number of para-hydroxylation sites is 1. The van der Waals surface area contributed by atoms with Crippen molar-refractivity contribution >= 4 is 34.6 Å². The van der Waals surface area contributed by atoms with Crippen LogP contribution in [0.4, 0.5) is 0 Å². The maximum absolute atomic E-state index is 13.6. The molecule has 43 heavy (non-hydrogen) atoms. The molecule has 14 nitrogen and oxygen atoms in total. The number of carboxylic acid groups (broad SMARTS) is 1. The minimum Gasteiger partial charge on any atom is -0.480 e. The quantitative estimate of drug-likeness (QED) is 0.0972. The van der Waals surface area contributed by atoms with E-state index in [1.807, 2.05) is 44.3 Å². The van der Waals surface area contributed by atoms with E-state index in [1.165, 1.54) is 25.0 Å². The van der Waals surface area contributed by atoms with E-state index in [1.54, 1.807) is 0 Å². The Morgan fingerprint density at radius 1 is 0.860 bits per heavy atom. The van der Waals surface area contributed by atoms with Crippen molar-refractivity contribution in [3.05, 3.63) is 72.5 Å². The van der Waals surface area contributed by atoms with Crippen molar-refractivity contribution in [2.24, 2.45) is 11.7 Å². The molecule has 0 fully saturated rings. The van der Waals surface area contributed by atoms with Crippen LogP contribution in [-0.2, 0) is 38.4 Å². The number of rotatable bonds is 15. The lowest BCUT2D eigenvalue weighted by Crippen LogP contribution is -2.59. The van der Waals surface area contributed by atoms with E-state index in [-0.39, 0.29) is 25.2 Å². The van der Waals surface area contributed by atoms with Gasteiger partial charge in [-0.2, -0.15) is 0 Å². The van der Waals surface area contributed by atoms with E-state index in [4.69, 9.17) is 5.73 Å². The topological polar surface area (TPSA) is 224 Å². The third-order valence-electron chi connectivity index (χ3n) is 7.45. The number of imidazole rings is 2. The fraction of sp³-hybridized carbons (Fsp3) is 0.379. The van der Waals surface area contributed by atoms with Gasteiger partial charge in [-0.25, -0.2) is 14.8 Å². The molecule has 4 rings (SSSR count). The number of carboxylic acids is 1. The van der Waals surface area contributed by atoms with Crippen LogP contribution in [0.1, 0.15) is 37.2 Å². The first-order valence-corrected chi connectivity index (χ1v) is 14.0. The molecule has 4 aromatic rings. The van der Waals surface area contributed by atoms with Crippen molar-refractivity contribution < 1.29 is 24.3 Å². The van der Waals surface area contributed by atoms with Crippen molar-refractivity contribution in [2.45, 2.75) is 63.7 Å². The van der Waals surface area contributed by atoms with Gasteiger partial charge in [0.25, 0.3) is 0 Å². The van der Waals surface area contributed by atoms with E-state index < -0.39 is 47.9 Å². The summed E-state index contributed by atoms with van der Waals surface area (Å²) in [5.74, 6) is -3.36. The Morgan fingerprint density at radius 3 is 2.09 bits per heavy atom. The molecule has 0 saturated carbocycles. The van der Waals surface area contributed by atoms with Crippen LogP contribution in [0.5, 0.6) is 0 Å². The molecule has 0 saturated heterocycles. The number of H-pyrrole nitrogens is 3. The molecule has 0 aliphatic rings. The van der Waals surface area contributed by atoms with Crippen LogP contribution in [0.15, 0.2) is 55.5 Å². The van der Waals surface area contributed by atoms with Gasteiger partial charge in [-0.15, -0.1) is 0 Å². The van der Waals surface area contributed by atoms with Gasteiger partial charge in [-0.05, 0) is 24.0 Å². The number of aromatic amines is 3. The number of fused-ring (bicyclic) bond motifs is 1. The first-order valence-electron chi connectivity index (χ1n) is 14.0. The normalized spacial score (nSPS) is 14.8. The third kappa shape index (κ3) is 8.07. The van der Waals surface area contributed by atoms with Gasteiger partial charge >= 0.3 is 5.97 Å². The average molecular weight is 592 g/mol. The molecule has 5 unspecified atom stereocenters. The van der Waals surface area contributed by atoms with Gasteiger partial charge in [0.1, 0.15) is 18.1 Å². The summed E-state index contributed by atoms with van der Waals surface area (Å²) in [5, 5.41) is 18.7. The molecule has 0 aliphatic carbocycles. The summed E-state index contributed by atoms with van der Waals surface area (Å²) in [5.41, 5.74) is 9.14. The predicted molar refractivity (Wildman–Crippen MR) is 157 cm³/mol. The lowest BCUT2D eigenvalue weighted by Gasteiger charge is -2.28. The van der Waals surface area contributed by atoms with E-state index >= 15 is 0 Å². The molecule has 3 amide bonds. The fourth-order valence-corrected chi connectivity index (χ4v) is 4.77. The zero-order valence-electron chi connectivity index (χ0n) is 24.0. The number of nitrogens with two attached hydrogens (primary N) is 1. The highest BCUT2D eigenvalue weighted by atomic mass is 16.4. The summed E-state index contributed by atoms with van der Waals surface area (Å²) in [7, 11) is 0. The average Bonchev–Trinajstić information content (AvgIpc) is 3.78. The van der Waals surface area contributed by atoms with Crippen LogP contribution in [0.25, 0.3) is 10.9 Å². The van der Waals surface area contributed by atoms with Crippen molar-refractivity contribution in [2.75, 3.05) is 0 Å². The Kier molecular flexibility index (Phi) is 10.3. The SMILES string of the molecule is CCC(C)C(NC(=O)C(N)Cc1c[nH]c2ccccc12)C(=O)NC(Cc1cnc[nH]1)C(=O)NC(Cc1cnc[nH]1)C(=O)O. The standard InChI is InChI=1S/C29H37N9O5/c1-3-16(2)25(38-26(39)21(30)8-17-11-33-22-7-5-4-6-20(17)22)28(41)36-23(9-18-12-31-14-34-18)27(40)37-24(29(42)43)10-19-13-32-15-35-19/h4-7,11-16,21,23-25,33H,3,8-10,30H2,1-2H3,(H,31,34)(H,32,35)(H,36,41)(H,37,40)(H,38,39)(H,42,43). The second-order valence-corrected chi connectivity index (χ2v) is 10.6. The lowest BCUT2D eigenvalue weighted by molar-refractivity contribution is -0.142. The Balaban J connectivity index is 1.47. The number of benzene rings is 1.